The summed E-state index contributed by atoms with van der Waals surface area (Å²) >= 11 is 5.91. The van der Waals surface area contributed by atoms with Crippen LogP contribution < -0.4 is 0 Å². The number of rotatable bonds is 4. The van der Waals surface area contributed by atoms with E-state index in [0.717, 1.165) is 31.5 Å². The molecule has 1 aromatic heterocycles. The third-order valence-corrected chi connectivity index (χ3v) is 6.53. The van der Waals surface area contributed by atoms with Crippen molar-refractivity contribution in [2.75, 3.05) is 26.2 Å². The highest BCUT2D eigenvalue weighted by Gasteiger charge is 2.45. The Kier molecular flexibility index (Phi) is 6.06. The number of halogens is 4. The fraction of sp³-hybridized carbons (Fsp3) is 0.500. The Labute approximate surface area is 188 Å². The number of likely N-dealkylation sites (tertiary alicyclic amines) is 2. The van der Waals surface area contributed by atoms with Crippen molar-refractivity contribution in [1.82, 2.24) is 19.6 Å². The van der Waals surface area contributed by atoms with E-state index in [2.05, 4.69) is 10.00 Å². The van der Waals surface area contributed by atoms with Crippen LogP contribution in [0.25, 0.3) is 0 Å². The van der Waals surface area contributed by atoms with Gasteiger partial charge in [-0.25, -0.2) is 4.79 Å². The molecule has 6 nitrogen and oxygen atoms in total. The maximum atomic E-state index is 13.1. The van der Waals surface area contributed by atoms with Crippen molar-refractivity contribution in [3.05, 3.63) is 52.3 Å². The summed E-state index contributed by atoms with van der Waals surface area (Å²) in [5.41, 5.74) is -0.0261. The van der Waals surface area contributed by atoms with E-state index in [0.29, 0.717) is 38.2 Å². The van der Waals surface area contributed by atoms with E-state index in [1.807, 2.05) is 0 Å². The molecular formula is C22H24ClF3N4O2. The van der Waals surface area contributed by atoms with Crippen molar-refractivity contribution < 1.29 is 22.8 Å². The lowest BCUT2D eigenvalue weighted by atomic mass is 9.86. The lowest BCUT2D eigenvalue weighted by molar-refractivity contribution is -0.137. The number of ketones is 1. The third kappa shape index (κ3) is 4.68. The number of benzene rings is 1. The molecule has 0 N–H and O–H groups in total. The van der Waals surface area contributed by atoms with Gasteiger partial charge < -0.3 is 4.90 Å². The molecule has 4 rings (SSSR count). The molecule has 0 bridgehead atoms. The van der Waals surface area contributed by atoms with E-state index < -0.39 is 11.7 Å². The van der Waals surface area contributed by atoms with Gasteiger partial charge in [0.1, 0.15) is 5.69 Å². The standard InChI is InChI=1S/C22H24ClF3N4O2/c1-2-19(31)18-3-6-30(27-18)20(32)29-8-5-21(14-29)4-7-28(13-21)12-15-9-16(22(24,25)26)11-17(23)10-15/h3,6,9-11H,2,4-5,7-8,12-14H2,1H3. The van der Waals surface area contributed by atoms with Gasteiger partial charge in [0.2, 0.25) is 0 Å². The number of hydrogen-bond acceptors (Lipinski definition) is 4. The topological polar surface area (TPSA) is 58.4 Å². The van der Waals surface area contributed by atoms with Crippen LogP contribution in [0, 0.1) is 5.41 Å². The maximum absolute atomic E-state index is 13.1. The minimum atomic E-state index is -4.44. The summed E-state index contributed by atoms with van der Waals surface area (Å²) in [7, 11) is 0. The summed E-state index contributed by atoms with van der Waals surface area (Å²) in [4.78, 5) is 28.5. The first-order valence-electron chi connectivity index (χ1n) is 10.6. The van der Waals surface area contributed by atoms with E-state index in [4.69, 9.17) is 11.6 Å². The predicted octanol–water partition coefficient (Wildman–Crippen LogP) is 4.71. The SMILES string of the molecule is CCC(=O)c1ccn(C(=O)N2CCC3(CCN(Cc4cc(Cl)cc(C(F)(F)F)c4)C3)C2)n1. The minimum absolute atomic E-state index is 0.0709. The first kappa shape index (κ1) is 22.8. The molecule has 1 amide bonds. The van der Waals surface area contributed by atoms with Crippen LogP contribution in [0.3, 0.4) is 0 Å². The molecule has 0 saturated carbocycles. The largest absolute Gasteiger partial charge is 0.416 e. The van der Waals surface area contributed by atoms with Gasteiger partial charge in [0, 0.05) is 49.2 Å². The first-order valence-corrected chi connectivity index (χ1v) is 10.9. The molecule has 2 aliphatic rings. The average molecular weight is 469 g/mol. The zero-order chi connectivity index (χ0) is 23.1. The van der Waals surface area contributed by atoms with Gasteiger partial charge in [-0.2, -0.15) is 23.0 Å². The number of alkyl halides is 3. The molecule has 0 aliphatic carbocycles. The lowest BCUT2D eigenvalue weighted by Crippen LogP contribution is -2.36. The zero-order valence-electron chi connectivity index (χ0n) is 17.7. The average Bonchev–Trinajstić information content (AvgIpc) is 3.47. The Morgan fingerprint density at radius 2 is 1.91 bits per heavy atom. The Morgan fingerprint density at radius 1 is 1.16 bits per heavy atom. The molecule has 1 spiro atoms. The Balaban J connectivity index is 1.39. The molecule has 10 heteroatoms. The third-order valence-electron chi connectivity index (χ3n) is 6.31. The molecule has 1 aromatic carbocycles. The molecule has 2 aliphatic heterocycles. The van der Waals surface area contributed by atoms with Gasteiger partial charge in [-0.05, 0) is 49.2 Å². The van der Waals surface area contributed by atoms with E-state index in [-0.39, 0.29) is 27.9 Å². The highest BCUT2D eigenvalue weighted by atomic mass is 35.5. The van der Waals surface area contributed by atoms with Crippen molar-refractivity contribution in [1.29, 1.82) is 0 Å². The van der Waals surface area contributed by atoms with E-state index in [9.17, 15) is 22.8 Å². The van der Waals surface area contributed by atoms with Crippen molar-refractivity contribution in [3.63, 3.8) is 0 Å². The highest BCUT2D eigenvalue weighted by molar-refractivity contribution is 6.30. The molecular weight excluding hydrogens is 445 g/mol. The number of carbonyl (C=O) groups excluding carboxylic acids is 2. The molecule has 1 unspecified atom stereocenters. The van der Waals surface area contributed by atoms with Gasteiger partial charge in [0.05, 0.1) is 5.56 Å². The van der Waals surface area contributed by atoms with Gasteiger partial charge in [0.25, 0.3) is 0 Å². The molecule has 32 heavy (non-hydrogen) atoms. The van der Waals surface area contributed by atoms with Crippen molar-refractivity contribution in [2.24, 2.45) is 5.41 Å². The molecule has 2 saturated heterocycles. The number of aromatic nitrogens is 2. The zero-order valence-corrected chi connectivity index (χ0v) is 18.4. The summed E-state index contributed by atoms with van der Waals surface area (Å²) in [6.45, 7) is 4.70. The summed E-state index contributed by atoms with van der Waals surface area (Å²) in [5, 5.41) is 4.18. The quantitative estimate of drug-likeness (QED) is 0.609. The second-order valence-electron chi connectivity index (χ2n) is 8.68. The van der Waals surface area contributed by atoms with Gasteiger partial charge in [-0.1, -0.05) is 18.5 Å². The van der Waals surface area contributed by atoms with Gasteiger partial charge >= 0.3 is 12.2 Å². The number of carbonyl (C=O) groups is 2. The number of nitrogens with zero attached hydrogens (tertiary/aromatic N) is 4. The van der Waals surface area contributed by atoms with Crippen LogP contribution in [-0.2, 0) is 12.7 Å². The summed E-state index contributed by atoms with van der Waals surface area (Å²) in [5.74, 6) is -0.115. The second kappa shape index (κ2) is 8.51. The van der Waals surface area contributed by atoms with Gasteiger partial charge in [-0.15, -0.1) is 0 Å². The molecule has 2 fully saturated rings. The van der Waals surface area contributed by atoms with E-state index in [1.165, 1.54) is 10.9 Å². The Morgan fingerprint density at radius 3 is 2.62 bits per heavy atom. The fourth-order valence-electron chi connectivity index (χ4n) is 4.66. The van der Waals surface area contributed by atoms with Crippen LogP contribution in [0.2, 0.25) is 5.02 Å². The second-order valence-corrected chi connectivity index (χ2v) is 9.12. The van der Waals surface area contributed by atoms with Gasteiger partial charge in [-0.3, -0.25) is 9.69 Å². The Hall–Kier alpha value is -2.39. The fourth-order valence-corrected chi connectivity index (χ4v) is 4.92. The number of Topliss-reactive ketones (excluding diaryl/α,β-unsaturated/α-hetero) is 1. The number of amides is 1. The minimum Gasteiger partial charge on any atom is -0.322 e. The van der Waals surface area contributed by atoms with Crippen LogP contribution in [0.1, 0.15) is 47.8 Å². The summed E-state index contributed by atoms with van der Waals surface area (Å²) in [6, 6.07) is 4.94. The monoisotopic (exact) mass is 468 g/mol. The van der Waals surface area contributed by atoms with E-state index >= 15 is 0 Å². The van der Waals surface area contributed by atoms with Gasteiger partial charge in [0.15, 0.2) is 5.78 Å². The predicted molar refractivity (Wildman–Crippen MR) is 113 cm³/mol. The normalized spacial score (nSPS) is 21.6. The van der Waals surface area contributed by atoms with E-state index in [1.54, 1.807) is 24.0 Å². The first-order chi connectivity index (χ1) is 15.1. The van der Waals surface area contributed by atoms with Crippen LogP contribution in [0.4, 0.5) is 18.0 Å². The van der Waals surface area contributed by atoms with Crippen molar-refractivity contribution >= 4 is 23.4 Å². The summed E-state index contributed by atoms with van der Waals surface area (Å²) < 4.78 is 40.5. The molecule has 0 radical (unpaired) electrons. The summed E-state index contributed by atoms with van der Waals surface area (Å²) in [6.07, 6.45) is -0.922. The lowest BCUT2D eigenvalue weighted by Gasteiger charge is -2.25. The smallest absolute Gasteiger partial charge is 0.322 e. The molecule has 1 atom stereocenters. The van der Waals surface area contributed by atoms with Crippen LogP contribution >= 0.6 is 11.6 Å². The Bertz CT molecular complexity index is 1040. The van der Waals surface area contributed by atoms with Crippen LogP contribution in [0.15, 0.2) is 30.5 Å². The van der Waals surface area contributed by atoms with Crippen molar-refractivity contribution in [2.45, 2.75) is 38.9 Å². The molecule has 3 heterocycles. The van der Waals surface area contributed by atoms with Crippen molar-refractivity contribution in [3.8, 4) is 0 Å². The van der Waals surface area contributed by atoms with Crippen LogP contribution in [0.5, 0.6) is 0 Å². The maximum Gasteiger partial charge on any atom is 0.416 e. The van der Waals surface area contributed by atoms with Crippen LogP contribution in [-0.4, -0.2) is 57.6 Å². The highest BCUT2D eigenvalue weighted by Crippen LogP contribution is 2.40. The number of hydrogen-bond donors (Lipinski definition) is 0. The molecule has 2 aromatic rings. The molecule has 172 valence electrons.